The third kappa shape index (κ3) is 6.40. The van der Waals surface area contributed by atoms with Gasteiger partial charge in [-0.1, -0.05) is 19.4 Å². The van der Waals surface area contributed by atoms with Gasteiger partial charge in [-0.25, -0.2) is 0 Å². The number of benzene rings is 1. The average Bonchev–Trinajstić information content (AvgIpc) is 3.39. The summed E-state index contributed by atoms with van der Waals surface area (Å²) >= 11 is 0. The molecule has 0 unspecified atom stereocenters. The molecule has 0 bridgehead atoms. The van der Waals surface area contributed by atoms with Crippen LogP contribution in [0.4, 0.5) is 5.69 Å². The molecule has 0 saturated heterocycles. The summed E-state index contributed by atoms with van der Waals surface area (Å²) in [5.41, 5.74) is 1.24. The maximum Gasteiger partial charge on any atom is 0.251 e. The number of hydrogen-bond donors (Lipinski definition) is 2. The van der Waals surface area contributed by atoms with Crippen molar-refractivity contribution < 1.29 is 14.3 Å². The first-order chi connectivity index (χ1) is 11.2. The number of ether oxygens (including phenoxy) is 1. The number of unbranched alkanes of at least 4 members (excludes halogenated alkanes) is 1. The second kappa shape index (κ2) is 9.30. The maximum atomic E-state index is 12.1. The van der Waals surface area contributed by atoms with Gasteiger partial charge in [-0.15, -0.1) is 0 Å². The molecule has 5 nitrogen and oxygen atoms in total. The Morgan fingerprint density at radius 2 is 2.00 bits per heavy atom. The van der Waals surface area contributed by atoms with E-state index in [-0.39, 0.29) is 17.7 Å². The highest BCUT2D eigenvalue weighted by Crippen LogP contribution is 2.30. The number of hydrogen-bond acceptors (Lipinski definition) is 3. The molecule has 1 aromatic rings. The van der Waals surface area contributed by atoms with Gasteiger partial charge >= 0.3 is 0 Å². The first kappa shape index (κ1) is 17.5. The van der Waals surface area contributed by atoms with Crippen molar-refractivity contribution in [1.82, 2.24) is 5.32 Å². The lowest BCUT2D eigenvalue weighted by Gasteiger charge is -2.08. The van der Waals surface area contributed by atoms with Crippen LogP contribution in [0.3, 0.4) is 0 Å². The minimum atomic E-state index is -0.124. The molecule has 2 N–H and O–H groups in total. The van der Waals surface area contributed by atoms with Gasteiger partial charge in [0.05, 0.1) is 0 Å². The molecule has 0 heterocycles. The Labute approximate surface area is 137 Å². The van der Waals surface area contributed by atoms with E-state index >= 15 is 0 Å². The van der Waals surface area contributed by atoms with Crippen LogP contribution in [-0.4, -0.2) is 31.6 Å². The molecular formula is C18H26N2O3. The summed E-state index contributed by atoms with van der Waals surface area (Å²) in [6.45, 7) is 4.17. The Hall–Kier alpha value is -1.88. The summed E-state index contributed by atoms with van der Waals surface area (Å²) < 4.78 is 5.45. The van der Waals surface area contributed by atoms with E-state index in [0.717, 1.165) is 38.7 Å². The molecule has 5 heteroatoms. The number of amides is 2. The number of carbonyl (C=O) groups excluding carboxylic acids is 2. The minimum absolute atomic E-state index is 0.0480. The van der Waals surface area contributed by atoms with E-state index in [0.29, 0.717) is 24.4 Å². The standard InChI is InChI=1S/C18H26N2O3/c1-2-3-11-23-12-5-10-19-17(21)15-6-4-7-16(13-15)20-18(22)14-8-9-14/h4,6-7,13-14H,2-3,5,8-12H2,1H3,(H,19,21)(H,20,22). The van der Waals surface area contributed by atoms with Crippen LogP contribution in [0.1, 0.15) is 49.4 Å². The molecule has 0 aliphatic heterocycles. The van der Waals surface area contributed by atoms with Crippen LogP contribution in [0, 0.1) is 5.92 Å². The predicted octanol–water partition coefficient (Wildman–Crippen LogP) is 2.97. The van der Waals surface area contributed by atoms with E-state index in [1.165, 1.54) is 0 Å². The second-order valence-electron chi connectivity index (χ2n) is 5.92. The summed E-state index contributed by atoms with van der Waals surface area (Å²) in [6.07, 6.45) is 4.93. The zero-order valence-corrected chi connectivity index (χ0v) is 13.8. The van der Waals surface area contributed by atoms with Gasteiger partial charge in [0.25, 0.3) is 5.91 Å². The molecule has 0 atom stereocenters. The summed E-state index contributed by atoms with van der Waals surface area (Å²) in [5.74, 6) is 0.0769. The van der Waals surface area contributed by atoms with Crippen molar-refractivity contribution in [1.29, 1.82) is 0 Å². The number of carbonyl (C=O) groups is 2. The Bertz CT molecular complexity index is 527. The first-order valence-electron chi connectivity index (χ1n) is 8.47. The topological polar surface area (TPSA) is 67.4 Å². The van der Waals surface area contributed by atoms with E-state index in [9.17, 15) is 9.59 Å². The number of nitrogens with one attached hydrogen (secondary N) is 2. The quantitative estimate of drug-likeness (QED) is 0.652. The zero-order valence-electron chi connectivity index (χ0n) is 13.8. The summed E-state index contributed by atoms with van der Waals surface area (Å²) in [6, 6.07) is 7.05. The third-order valence-electron chi connectivity index (χ3n) is 3.73. The number of anilines is 1. The van der Waals surface area contributed by atoms with Gasteiger partial charge in [-0.2, -0.15) is 0 Å². The molecule has 2 amide bonds. The van der Waals surface area contributed by atoms with E-state index in [1.807, 2.05) is 0 Å². The first-order valence-corrected chi connectivity index (χ1v) is 8.47. The Balaban J connectivity index is 1.70. The van der Waals surface area contributed by atoms with E-state index < -0.39 is 0 Å². The van der Waals surface area contributed by atoms with Gasteiger partial charge in [0.1, 0.15) is 0 Å². The van der Waals surface area contributed by atoms with Gasteiger partial charge in [0.2, 0.25) is 5.91 Å². The molecule has 0 aromatic heterocycles. The molecule has 2 rings (SSSR count). The smallest absolute Gasteiger partial charge is 0.251 e. The van der Waals surface area contributed by atoms with Crippen LogP contribution in [0.25, 0.3) is 0 Å². The van der Waals surface area contributed by atoms with Crippen molar-refractivity contribution in [3.63, 3.8) is 0 Å². The van der Waals surface area contributed by atoms with Crippen LogP contribution in [0.5, 0.6) is 0 Å². The largest absolute Gasteiger partial charge is 0.381 e. The maximum absolute atomic E-state index is 12.1. The molecule has 1 aliphatic rings. The van der Waals surface area contributed by atoms with Crippen LogP contribution >= 0.6 is 0 Å². The molecule has 126 valence electrons. The molecule has 1 fully saturated rings. The highest BCUT2D eigenvalue weighted by atomic mass is 16.5. The summed E-state index contributed by atoms with van der Waals surface area (Å²) in [5, 5.41) is 5.73. The van der Waals surface area contributed by atoms with Gasteiger partial charge in [-0.05, 0) is 43.9 Å². The van der Waals surface area contributed by atoms with Crippen molar-refractivity contribution in [3.05, 3.63) is 29.8 Å². The van der Waals surface area contributed by atoms with Gasteiger partial charge in [0.15, 0.2) is 0 Å². The van der Waals surface area contributed by atoms with Crippen LogP contribution in [-0.2, 0) is 9.53 Å². The Morgan fingerprint density at radius 1 is 1.22 bits per heavy atom. The highest BCUT2D eigenvalue weighted by molar-refractivity contribution is 5.98. The fourth-order valence-electron chi connectivity index (χ4n) is 2.15. The predicted molar refractivity (Wildman–Crippen MR) is 90.5 cm³/mol. The van der Waals surface area contributed by atoms with Gasteiger partial charge in [0, 0.05) is 36.9 Å². The fraction of sp³-hybridized carbons (Fsp3) is 0.556. The number of rotatable bonds is 10. The molecule has 1 saturated carbocycles. The Kier molecular flexibility index (Phi) is 7.07. The van der Waals surface area contributed by atoms with Crippen molar-refractivity contribution in [2.24, 2.45) is 5.92 Å². The Morgan fingerprint density at radius 3 is 2.74 bits per heavy atom. The van der Waals surface area contributed by atoms with Crippen LogP contribution in [0.15, 0.2) is 24.3 Å². The van der Waals surface area contributed by atoms with Gasteiger partial charge in [-0.3, -0.25) is 9.59 Å². The summed E-state index contributed by atoms with van der Waals surface area (Å²) in [4.78, 5) is 23.8. The van der Waals surface area contributed by atoms with E-state index in [4.69, 9.17) is 4.74 Å². The SMILES string of the molecule is CCCCOCCCNC(=O)c1cccc(NC(=O)C2CC2)c1. The lowest BCUT2D eigenvalue weighted by Crippen LogP contribution is -2.25. The lowest BCUT2D eigenvalue weighted by molar-refractivity contribution is -0.117. The molecule has 1 aromatic carbocycles. The fourth-order valence-corrected chi connectivity index (χ4v) is 2.15. The van der Waals surface area contributed by atoms with Crippen molar-refractivity contribution in [3.8, 4) is 0 Å². The average molecular weight is 318 g/mol. The zero-order chi connectivity index (χ0) is 16.5. The monoisotopic (exact) mass is 318 g/mol. The second-order valence-corrected chi connectivity index (χ2v) is 5.92. The molecule has 1 aliphatic carbocycles. The normalized spacial score (nSPS) is 13.6. The van der Waals surface area contributed by atoms with Crippen LogP contribution < -0.4 is 10.6 Å². The van der Waals surface area contributed by atoms with Gasteiger partial charge < -0.3 is 15.4 Å². The minimum Gasteiger partial charge on any atom is -0.381 e. The van der Waals surface area contributed by atoms with Crippen molar-refractivity contribution >= 4 is 17.5 Å². The lowest BCUT2D eigenvalue weighted by atomic mass is 10.2. The molecule has 0 spiro atoms. The molecule has 0 radical (unpaired) electrons. The summed E-state index contributed by atoms with van der Waals surface area (Å²) in [7, 11) is 0. The third-order valence-corrected chi connectivity index (χ3v) is 3.73. The van der Waals surface area contributed by atoms with E-state index in [2.05, 4.69) is 17.6 Å². The van der Waals surface area contributed by atoms with Crippen molar-refractivity contribution in [2.45, 2.75) is 39.0 Å². The van der Waals surface area contributed by atoms with Crippen LogP contribution in [0.2, 0.25) is 0 Å². The van der Waals surface area contributed by atoms with Crippen molar-refractivity contribution in [2.75, 3.05) is 25.1 Å². The molecular weight excluding hydrogens is 292 g/mol. The highest BCUT2D eigenvalue weighted by Gasteiger charge is 2.29. The molecule has 23 heavy (non-hydrogen) atoms. The van der Waals surface area contributed by atoms with E-state index in [1.54, 1.807) is 24.3 Å².